The Balaban J connectivity index is 1.96. The molecule has 172 valence electrons. The van der Waals surface area contributed by atoms with Crippen LogP contribution in [0.25, 0.3) is 0 Å². The van der Waals surface area contributed by atoms with Crippen molar-refractivity contribution in [3.05, 3.63) is 57.8 Å². The van der Waals surface area contributed by atoms with Gasteiger partial charge in [-0.2, -0.15) is 22.7 Å². The molecule has 2 N–H and O–H groups in total. The Labute approximate surface area is 188 Å². The summed E-state index contributed by atoms with van der Waals surface area (Å²) in [6.07, 6.45) is -6.41. The molecule has 0 radical (unpaired) electrons. The van der Waals surface area contributed by atoms with Crippen molar-refractivity contribution in [2.75, 3.05) is 19.7 Å². The number of ether oxygens (including phenoxy) is 1. The molecule has 7 nitrogen and oxygen atoms in total. The number of rotatable bonds is 5. The predicted octanol–water partition coefficient (Wildman–Crippen LogP) is 2.65. The third-order valence-electron chi connectivity index (χ3n) is 4.90. The second-order valence-corrected chi connectivity index (χ2v) is 9.88. The highest BCUT2D eigenvalue weighted by molar-refractivity contribution is 9.10. The van der Waals surface area contributed by atoms with E-state index in [1.165, 1.54) is 6.07 Å². The molecule has 1 aliphatic rings. The normalized spacial score (nSPS) is 22.0. The van der Waals surface area contributed by atoms with E-state index in [-0.39, 0.29) is 15.8 Å². The van der Waals surface area contributed by atoms with Crippen LogP contribution in [0.5, 0.6) is 5.75 Å². The Morgan fingerprint density at radius 1 is 1.28 bits per heavy atom. The number of benzene rings is 2. The lowest BCUT2D eigenvalue weighted by Gasteiger charge is -2.27. The number of sulfonamides is 1. The fraction of sp³-hybridized carbons (Fsp3) is 0.316. The molecule has 3 rings (SSSR count). The molecule has 0 saturated carbocycles. The summed E-state index contributed by atoms with van der Waals surface area (Å²) in [6, 6.07) is 7.28. The van der Waals surface area contributed by atoms with E-state index in [9.17, 15) is 36.2 Å². The maximum atomic E-state index is 13.8. The summed E-state index contributed by atoms with van der Waals surface area (Å²) >= 11 is 2.88. The minimum absolute atomic E-state index is 0.0149. The van der Waals surface area contributed by atoms with Crippen LogP contribution in [-0.4, -0.2) is 54.3 Å². The lowest BCUT2D eigenvalue weighted by Crippen LogP contribution is -2.48. The Morgan fingerprint density at radius 2 is 1.97 bits per heavy atom. The lowest BCUT2D eigenvalue weighted by molar-refractivity contribution is -0.140. The summed E-state index contributed by atoms with van der Waals surface area (Å²) in [6.45, 7) is -2.36. The Hall–Kier alpha value is -2.24. The molecule has 1 fully saturated rings. The maximum absolute atomic E-state index is 13.8. The molecule has 2 aromatic carbocycles. The first kappa shape index (κ1) is 24.4. The number of β-amino-alcohol motifs (C(OH)–C–C–N with tert-alkyl or cyclic N) is 1. The lowest BCUT2D eigenvalue weighted by atomic mass is 10.0. The zero-order valence-electron chi connectivity index (χ0n) is 16.0. The summed E-state index contributed by atoms with van der Waals surface area (Å²) in [7, 11) is -4.77. The predicted molar refractivity (Wildman–Crippen MR) is 105 cm³/mol. The van der Waals surface area contributed by atoms with E-state index < -0.39 is 63.9 Å². The van der Waals surface area contributed by atoms with Gasteiger partial charge in [-0.05, 0) is 30.3 Å². The van der Waals surface area contributed by atoms with E-state index in [0.717, 1.165) is 24.3 Å². The van der Waals surface area contributed by atoms with Gasteiger partial charge in [0.15, 0.2) is 0 Å². The molecule has 0 amide bonds. The van der Waals surface area contributed by atoms with E-state index in [4.69, 9.17) is 10.00 Å². The summed E-state index contributed by atoms with van der Waals surface area (Å²) < 4.78 is 86.3. The zero-order valence-corrected chi connectivity index (χ0v) is 18.4. The molecular formula is C19H15BrF4N2O5S. The van der Waals surface area contributed by atoms with Crippen LogP contribution in [0.2, 0.25) is 0 Å². The Morgan fingerprint density at radius 3 is 2.53 bits per heavy atom. The standard InChI is InChI=1S/C19H15BrF4N2O5S/c20-12-2-4-16(14(5-12)19(22,23)24)32(29,30)26-8-17(18(28,9-26)10-27)31-13-3-1-11(7-25)15(21)6-13/h1-6,17,27-28H,8-10H2/t17-,18+/m0/s1. The summed E-state index contributed by atoms with van der Waals surface area (Å²) in [5, 5.41) is 29.1. The number of alkyl halides is 3. The van der Waals surface area contributed by atoms with Crippen LogP contribution in [0.3, 0.4) is 0 Å². The van der Waals surface area contributed by atoms with Crippen molar-refractivity contribution >= 4 is 26.0 Å². The second kappa shape index (κ2) is 8.60. The molecule has 0 unspecified atom stereocenters. The molecule has 0 bridgehead atoms. The van der Waals surface area contributed by atoms with Gasteiger partial charge in [-0.25, -0.2) is 12.8 Å². The molecule has 1 saturated heterocycles. The van der Waals surface area contributed by atoms with Crippen LogP contribution in [0.4, 0.5) is 17.6 Å². The van der Waals surface area contributed by atoms with Crippen molar-refractivity contribution in [2.45, 2.75) is 22.8 Å². The van der Waals surface area contributed by atoms with Crippen molar-refractivity contribution in [1.82, 2.24) is 4.31 Å². The van der Waals surface area contributed by atoms with Crippen LogP contribution < -0.4 is 4.74 Å². The van der Waals surface area contributed by atoms with Crippen LogP contribution in [0, 0.1) is 17.1 Å². The van der Waals surface area contributed by atoms with Crippen LogP contribution in [0.1, 0.15) is 11.1 Å². The molecule has 0 aromatic heterocycles. The van der Waals surface area contributed by atoms with Gasteiger partial charge in [0.25, 0.3) is 0 Å². The Kier molecular flexibility index (Phi) is 6.56. The second-order valence-electron chi connectivity index (χ2n) is 7.06. The highest BCUT2D eigenvalue weighted by Crippen LogP contribution is 2.39. The molecule has 13 heteroatoms. The molecule has 2 aromatic rings. The van der Waals surface area contributed by atoms with Gasteiger partial charge in [-0.1, -0.05) is 15.9 Å². The maximum Gasteiger partial charge on any atom is 0.417 e. The highest BCUT2D eigenvalue weighted by atomic mass is 79.9. The number of hydrogen-bond donors (Lipinski definition) is 2. The van der Waals surface area contributed by atoms with Gasteiger partial charge in [0.05, 0.1) is 29.2 Å². The third-order valence-corrected chi connectivity index (χ3v) is 7.26. The topological polar surface area (TPSA) is 111 Å². The minimum Gasteiger partial charge on any atom is -0.486 e. The van der Waals surface area contributed by atoms with E-state index in [0.29, 0.717) is 10.4 Å². The van der Waals surface area contributed by atoms with E-state index in [2.05, 4.69) is 15.9 Å². The van der Waals surface area contributed by atoms with E-state index >= 15 is 0 Å². The molecule has 0 spiro atoms. The average molecular weight is 539 g/mol. The van der Waals surface area contributed by atoms with Gasteiger partial charge in [-0.15, -0.1) is 0 Å². The monoisotopic (exact) mass is 538 g/mol. The van der Waals surface area contributed by atoms with Crippen molar-refractivity contribution in [1.29, 1.82) is 5.26 Å². The van der Waals surface area contributed by atoms with Crippen molar-refractivity contribution < 1.29 is 40.9 Å². The summed E-state index contributed by atoms with van der Waals surface area (Å²) in [5.74, 6) is -1.10. The quantitative estimate of drug-likeness (QED) is 0.566. The Bertz CT molecular complexity index is 1190. The molecule has 1 heterocycles. The molecule has 0 aliphatic carbocycles. The number of hydrogen-bond acceptors (Lipinski definition) is 6. The van der Waals surface area contributed by atoms with E-state index in [1.54, 1.807) is 6.07 Å². The van der Waals surface area contributed by atoms with E-state index in [1.807, 2.05) is 0 Å². The molecular weight excluding hydrogens is 524 g/mol. The zero-order chi connectivity index (χ0) is 23.9. The largest absolute Gasteiger partial charge is 0.486 e. The minimum atomic E-state index is -4.98. The number of halogens is 5. The third kappa shape index (κ3) is 4.60. The number of aliphatic hydroxyl groups is 2. The molecule has 32 heavy (non-hydrogen) atoms. The number of nitrogens with zero attached hydrogens (tertiary/aromatic N) is 2. The molecule has 2 atom stereocenters. The van der Waals surface area contributed by atoms with Crippen LogP contribution >= 0.6 is 15.9 Å². The summed E-state index contributed by atoms with van der Waals surface area (Å²) in [4.78, 5) is -1.03. The van der Waals surface area contributed by atoms with Crippen molar-refractivity contribution in [2.24, 2.45) is 0 Å². The first-order valence-corrected chi connectivity index (χ1v) is 11.1. The first-order chi connectivity index (χ1) is 14.8. The summed E-state index contributed by atoms with van der Waals surface area (Å²) in [5.41, 5.74) is -3.86. The highest BCUT2D eigenvalue weighted by Gasteiger charge is 2.52. The number of nitriles is 1. The van der Waals surface area contributed by atoms with Gasteiger partial charge in [0.1, 0.15) is 29.3 Å². The first-order valence-electron chi connectivity index (χ1n) is 8.88. The molecule has 1 aliphatic heterocycles. The number of aliphatic hydroxyl groups excluding tert-OH is 1. The van der Waals surface area contributed by atoms with Crippen molar-refractivity contribution in [3.8, 4) is 11.8 Å². The van der Waals surface area contributed by atoms with Gasteiger partial charge in [0.2, 0.25) is 10.0 Å². The smallest absolute Gasteiger partial charge is 0.417 e. The van der Waals surface area contributed by atoms with Gasteiger partial charge in [0, 0.05) is 17.1 Å². The van der Waals surface area contributed by atoms with Crippen LogP contribution in [-0.2, 0) is 16.2 Å². The van der Waals surface area contributed by atoms with Gasteiger partial charge < -0.3 is 14.9 Å². The van der Waals surface area contributed by atoms with Gasteiger partial charge >= 0.3 is 6.18 Å². The fourth-order valence-corrected chi connectivity index (χ4v) is 5.28. The fourth-order valence-electron chi connectivity index (χ4n) is 3.22. The van der Waals surface area contributed by atoms with Gasteiger partial charge in [-0.3, -0.25) is 0 Å². The van der Waals surface area contributed by atoms with Crippen molar-refractivity contribution in [3.63, 3.8) is 0 Å². The average Bonchev–Trinajstić information content (AvgIpc) is 3.05. The SMILES string of the molecule is N#Cc1ccc(O[C@H]2CN(S(=O)(=O)c3ccc(Br)cc3C(F)(F)F)C[C@@]2(O)CO)cc1F. The van der Waals surface area contributed by atoms with Crippen LogP contribution in [0.15, 0.2) is 45.8 Å².